The number of rotatable bonds is 9. The van der Waals surface area contributed by atoms with Crippen LogP contribution in [0.5, 0.6) is 0 Å². The summed E-state index contributed by atoms with van der Waals surface area (Å²) in [6.45, 7) is 0. The molecule has 12 aromatic carbocycles. The second kappa shape index (κ2) is 26.9. The van der Waals surface area contributed by atoms with Crippen LogP contribution in [0.25, 0.3) is 199 Å². The van der Waals surface area contributed by atoms with Crippen LogP contribution in [0, 0.1) is 0 Å². The Morgan fingerprint density at radius 1 is 0.167 bits per heavy atom. The van der Waals surface area contributed by atoms with Crippen molar-refractivity contribution in [1.29, 1.82) is 0 Å². The first-order valence-electron chi connectivity index (χ1n) is 37.2. The minimum absolute atomic E-state index is 0.609. The van der Waals surface area contributed by atoms with Crippen molar-refractivity contribution in [3.05, 3.63) is 361 Å². The zero-order valence-corrected chi connectivity index (χ0v) is 60.6. The molecule has 0 saturated carbocycles. The SMILES string of the molecule is c1ccc2c(c1)c1cc(-c3ccc4c(c3)c3ccccc3n4-c3cncnc3)ccc1n2-c1cncnc1.c1ccc2c(c1)c1cc(-c3ccc4c(c3)c3ccccc3n4-c3ncncn3)ccc1n2-c1cnccn1.c1cnc(-n2c3ccccc3c3cc(-c4ccc5c(c4)c4ccccc4n5-c4cnccn4)ccc32)nc1. The van der Waals surface area contributed by atoms with E-state index in [-0.39, 0.29) is 0 Å². The molecule has 19 nitrogen and oxygen atoms in total. The molecular formula is C95H59N19. The van der Waals surface area contributed by atoms with Crippen LogP contribution in [-0.2, 0) is 0 Å². The molecule has 114 heavy (non-hydrogen) atoms. The van der Waals surface area contributed by atoms with E-state index in [1.165, 1.54) is 77.6 Å². The van der Waals surface area contributed by atoms with Gasteiger partial charge in [-0.1, -0.05) is 146 Å². The topological polar surface area (TPSA) is 197 Å². The van der Waals surface area contributed by atoms with Crippen LogP contribution < -0.4 is 0 Å². The first-order chi connectivity index (χ1) is 56.6. The van der Waals surface area contributed by atoms with Crippen LogP contribution in [0.2, 0.25) is 0 Å². The van der Waals surface area contributed by atoms with E-state index in [2.05, 4.69) is 341 Å². The molecule has 24 rings (SSSR count). The average Bonchev–Trinajstić information content (AvgIpc) is 1.58. The van der Waals surface area contributed by atoms with Gasteiger partial charge in [-0.3, -0.25) is 28.2 Å². The van der Waals surface area contributed by atoms with Gasteiger partial charge in [0, 0.05) is 102 Å². The number of nitrogens with zero attached hydrogens (tertiary/aromatic N) is 19. The van der Waals surface area contributed by atoms with Crippen molar-refractivity contribution in [2.45, 2.75) is 0 Å². The number of benzene rings is 12. The summed E-state index contributed by atoms with van der Waals surface area (Å²) in [6, 6.07) is 92.4. The molecule has 24 aromatic rings. The summed E-state index contributed by atoms with van der Waals surface area (Å²) in [5.41, 5.74) is 22.1. The Hall–Kier alpha value is -16.2. The van der Waals surface area contributed by atoms with Crippen LogP contribution >= 0.6 is 0 Å². The maximum absolute atomic E-state index is 4.58. The van der Waals surface area contributed by atoms with Gasteiger partial charge in [0.05, 0.1) is 115 Å². The molecule has 12 aromatic heterocycles. The predicted molar refractivity (Wildman–Crippen MR) is 453 cm³/mol. The van der Waals surface area contributed by atoms with Gasteiger partial charge in [-0.15, -0.1) is 0 Å². The fourth-order valence-corrected chi connectivity index (χ4v) is 16.8. The van der Waals surface area contributed by atoms with Gasteiger partial charge in [0.2, 0.25) is 11.9 Å². The minimum Gasteiger partial charge on any atom is -0.306 e. The summed E-state index contributed by atoms with van der Waals surface area (Å²) >= 11 is 0. The smallest absolute Gasteiger partial charge is 0.237 e. The molecule has 19 heteroatoms. The number of fused-ring (bicyclic) bond motifs is 18. The molecule has 0 aliphatic rings. The molecule has 0 saturated heterocycles. The van der Waals surface area contributed by atoms with Crippen LogP contribution in [0.4, 0.5) is 0 Å². The molecule has 0 aliphatic carbocycles. The fourth-order valence-electron chi connectivity index (χ4n) is 16.8. The van der Waals surface area contributed by atoms with E-state index < -0.39 is 0 Å². The molecule has 0 bridgehead atoms. The lowest BCUT2D eigenvalue weighted by Gasteiger charge is -2.08. The van der Waals surface area contributed by atoms with E-state index in [9.17, 15) is 0 Å². The largest absolute Gasteiger partial charge is 0.306 e. The van der Waals surface area contributed by atoms with Crippen molar-refractivity contribution in [1.82, 2.24) is 92.2 Å². The maximum Gasteiger partial charge on any atom is 0.237 e. The fraction of sp³-hybridized carbons (Fsp3) is 0. The summed E-state index contributed by atoms with van der Waals surface area (Å²) in [6.07, 6.45) is 27.6. The predicted octanol–water partition coefficient (Wildman–Crippen LogP) is 20.8. The van der Waals surface area contributed by atoms with Gasteiger partial charge in [-0.2, -0.15) is 0 Å². The number of para-hydroxylation sites is 6. The third-order valence-electron chi connectivity index (χ3n) is 21.6. The van der Waals surface area contributed by atoms with E-state index >= 15 is 0 Å². The maximum atomic E-state index is 4.58. The summed E-state index contributed by atoms with van der Waals surface area (Å²) in [5, 5.41) is 14.2. The lowest BCUT2D eigenvalue weighted by Crippen LogP contribution is -2.00. The Morgan fingerprint density at radius 2 is 0.430 bits per heavy atom. The van der Waals surface area contributed by atoms with Crippen molar-refractivity contribution in [2.75, 3.05) is 0 Å². The second-order valence-corrected chi connectivity index (χ2v) is 27.8. The van der Waals surface area contributed by atoms with Crippen LogP contribution in [0.1, 0.15) is 0 Å². The van der Waals surface area contributed by atoms with Gasteiger partial charge in [0.15, 0.2) is 11.6 Å². The monoisotopic (exact) mass is 1470 g/mol. The zero-order valence-electron chi connectivity index (χ0n) is 60.6. The Kier molecular flexibility index (Phi) is 15.3. The molecule has 12 heterocycles. The van der Waals surface area contributed by atoms with Crippen molar-refractivity contribution in [3.8, 4) is 68.3 Å². The lowest BCUT2D eigenvalue weighted by atomic mass is 10.0. The molecule has 0 aliphatic heterocycles. The highest BCUT2D eigenvalue weighted by molar-refractivity contribution is 6.16. The van der Waals surface area contributed by atoms with E-state index in [0.717, 1.165) is 122 Å². The Balaban J connectivity index is 0.000000104. The highest BCUT2D eigenvalue weighted by Gasteiger charge is 2.22. The van der Waals surface area contributed by atoms with Gasteiger partial charge in [-0.05, 0) is 149 Å². The summed E-state index contributed by atoms with van der Waals surface area (Å²) in [7, 11) is 0. The molecule has 0 unspecified atom stereocenters. The number of hydrogen-bond donors (Lipinski definition) is 0. The molecule has 0 radical (unpaired) electrons. The second-order valence-electron chi connectivity index (χ2n) is 27.8. The van der Waals surface area contributed by atoms with Crippen LogP contribution in [-0.4, -0.2) is 92.2 Å². The highest BCUT2D eigenvalue weighted by Crippen LogP contribution is 2.43. The lowest BCUT2D eigenvalue weighted by molar-refractivity contribution is 0.939. The van der Waals surface area contributed by atoms with Crippen LogP contribution in [0.3, 0.4) is 0 Å². The molecule has 0 spiro atoms. The van der Waals surface area contributed by atoms with Crippen molar-refractivity contribution in [2.24, 2.45) is 0 Å². The highest BCUT2D eigenvalue weighted by atomic mass is 15.2. The van der Waals surface area contributed by atoms with E-state index in [1.807, 2.05) is 36.9 Å². The number of hydrogen-bond acceptors (Lipinski definition) is 13. The summed E-state index contributed by atoms with van der Waals surface area (Å²) < 4.78 is 13.0. The van der Waals surface area contributed by atoms with Crippen molar-refractivity contribution >= 4 is 131 Å². The molecule has 0 atom stereocenters. The molecule has 534 valence electrons. The summed E-state index contributed by atoms with van der Waals surface area (Å²) in [4.78, 5) is 56.7. The number of aromatic nitrogens is 19. The minimum atomic E-state index is 0.609. The van der Waals surface area contributed by atoms with Crippen molar-refractivity contribution in [3.63, 3.8) is 0 Å². The third-order valence-corrected chi connectivity index (χ3v) is 21.6. The van der Waals surface area contributed by atoms with Crippen molar-refractivity contribution < 1.29 is 0 Å². The molecular weight excluding hydrogens is 1410 g/mol. The first-order valence-corrected chi connectivity index (χ1v) is 37.2. The molecule has 0 N–H and O–H groups in total. The van der Waals surface area contributed by atoms with E-state index in [4.69, 9.17) is 0 Å². The van der Waals surface area contributed by atoms with Gasteiger partial charge in [-0.25, -0.2) is 54.8 Å². The summed E-state index contributed by atoms with van der Waals surface area (Å²) in [5.74, 6) is 2.89. The van der Waals surface area contributed by atoms with Gasteiger partial charge >= 0.3 is 0 Å². The molecule has 0 fully saturated rings. The zero-order chi connectivity index (χ0) is 75.2. The van der Waals surface area contributed by atoms with E-state index in [1.54, 1.807) is 62.2 Å². The quantitative estimate of drug-likeness (QED) is 0.132. The third kappa shape index (κ3) is 10.7. The van der Waals surface area contributed by atoms with Gasteiger partial charge in [0.25, 0.3) is 0 Å². The Labute approximate surface area is 648 Å². The first kappa shape index (κ1) is 65.0. The normalized spacial score (nSPS) is 11.7. The van der Waals surface area contributed by atoms with E-state index in [0.29, 0.717) is 11.9 Å². The Bertz CT molecular complexity index is 6650. The standard InChI is InChI=1S/2C32H20N6.C31H19N7/c1-3-8-27-23(6-1)25-18-21(10-12-29(25)37(27)31-20-33-16-17-34-31)22-11-13-30-26(19-22)24-7-2-4-9-28(24)38(30)32-35-14-5-15-36-32;1-3-7-29-25(5-1)27-13-21(9-11-31(27)37(29)23-15-33-19-34-16-23)22-10-12-32-28(14-22)26-6-2-4-8-30(26)38(32)24-17-35-20-36-18-24;1-3-7-26-22(5-1)24-15-20(9-11-28(24)37(26)30-17-32-13-14-34-30)21-10-12-29-25(16-21)23-6-2-4-8-27(23)38(29)31-35-18-33-19-36-31/h2*1-20H;1-19H. The van der Waals surface area contributed by atoms with Gasteiger partial charge < -0.3 is 9.13 Å². The molecule has 0 amide bonds. The van der Waals surface area contributed by atoms with Crippen LogP contribution in [0.15, 0.2) is 361 Å². The Morgan fingerprint density at radius 3 is 0.737 bits per heavy atom. The average molecular weight is 1470 g/mol. The van der Waals surface area contributed by atoms with Gasteiger partial charge in [0.1, 0.15) is 25.3 Å².